The van der Waals surface area contributed by atoms with E-state index in [4.69, 9.17) is 11.6 Å². The Hall–Kier alpha value is -4.57. The number of amides is 4. The molecule has 4 amide bonds. The van der Waals surface area contributed by atoms with Crippen molar-refractivity contribution in [2.75, 3.05) is 4.90 Å². The van der Waals surface area contributed by atoms with Crippen molar-refractivity contribution in [1.82, 2.24) is 10.4 Å². The molecule has 0 saturated carbocycles. The first-order valence-electron chi connectivity index (χ1n) is 10.3. The Morgan fingerprint density at radius 3 is 2.34 bits per heavy atom. The smallest absolute Gasteiger partial charge is 0.273 e. The van der Waals surface area contributed by atoms with Crippen molar-refractivity contribution in [2.24, 2.45) is 0 Å². The van der Waals surface area contributed by atoms with Gasteiger partial charge in [0.25, 0.3) is 23.4 Å². The summed E-state index contributed by atoms with van der Waals surface area (Å²) in [6.07, 6.45) is -0.399. The van der Waals surface area contributed by atoms with Crippen LogP contribution in [0.5, 0.6) is 0 Å². The maximum atomic E-state index is 13.4. The van der Waals surface area contributed by atoms with Gasteiger partial charge < -0.3 is 0 Å². The minimum Gasteiger partial charge on any atom is -0.274 e. The summed E-state index contributed by atoms with van der Waals surface area (Å²) in [5, 5.41) is 12.2. The number of anilines is 1. The van der Waals surface area contributed by atoms with Crippen LogP contribution in [0.2, 0.25) is 5.02 Å². The fourth-order valence-electron chi connectivity index (χ4n) is 3.63. The molecule has 1 atom stereocenters. The average molecular weight is 493 g/mol. The predicted molar refractivity (Wildman–Crippen MR) is 126 cm³/mol. The maximum Gasteiger partial charge on any atom is 0.273 e. The van der Waals surface area contributed by atoms with Gasteiger partial charge in [-0.25, -0.2) is 9.91 Å². The minimum atomic E-state index is -1.38. The quantitative estimate of drug-likeness (QED) is 0.330. The normalized spacial score (nSPS) is 15.1. The molecule has 1 heterocycles. The molecule has 1 fully saturated rings. The first-order valence-corrected chi connectivity index (χ1v) is 10.7. The van der Waals surface area contributed by atoms with Gasteiger partial charge in [0.2, 0.25) is 5.91 Å². The number of hydrogen-bond acceptors (Lipinski definition) is 6. The zero-order chi connectivity index (χ0) is 25.1. The number of nitro groups is 1. The Labute approximate surface area is 203 Å². The monoisotopic (exact) mass is 492 g/mol. The second-order valence-electron chi connectivity index (χ2n) is 7.56. The predicted octanol–water partition coefficient (Wildman–Crippen LogP) is 3.37. The number of hydrazine groups is 1. The molecule has 4 rings (SSSR count). The minimum absolute atomic E-state index is 0.103. The van der Waals surface area contributed by atoms with Gasteiger partial charge in [-0.1, -0.05) is 41.9 Å². The summed E-state index contributed by atoms with van der Waals surface area (Å²) >= 11 is 5.96. The Morgan fingerprint density at radius 1 is 0.971 bits per heavy atom. The van der Waals surface area contributed by atoms with Gasteiger partial charge in [-0.3, -0.25) is 34.7 Å². The number of imide groups is 1. The topological polar surface area (TPSA) is 130 Å². The molecule has 3 aromatic carbocycles. The van der Waals surface area contributed by atoms with E-state index >= 15 is 0 Å². The van der Waals surface area contributed by atoms with Crippen LogP contribution in [0.3, 0.4) is 0 Å². The average Bonchev–Trinajstić information content (AvgIpc) is 3.15. The van der Waals surface area contributed by atoms with Crippen LogP contribution in [-0.2, 0) is 9.59 Å². The number of hydrogen-bond donors (Lipinski definition) is 1. The second-order valence-corrected chi connectivity index (χ2v) is 7.99. The Balaban J connectivity index is 1.71. The highest BCUT2D eigenvalue weighted by atomic mass is 35.5. The Bertz CT molecular complexity index is 1350. The Kier molecular flexibility index (Phi) is 6.56. The summed E-state index contributed by atoms with van der Waals surface area (Å²) in [5.41, 5.74) is 2.31. The third-order valence-electron chi connectivity index (χ3n) is 5.28. The number of carbonyl (C=O) groups is 4. The van der Waals surface area contributed by atoms with E-state index in [0.717, 1.165) is 16.0 Å². The molecular weight excluding hydrogens is 476 g/mol. The van der Waals surface area contributed by atoms with Crippen LogP contribution in [-0.4, -0.2) is 39.6 Å². The molecule has 1 saturated heterocycles. The lowest BCUT2D eigenvalue weighted by Crippen LogP contribution is -2.54. The number of nitrogens with zero attached hydrogens (tertiary/aromatic N) is 3. The van der Waals surface area contributed by atoms with E-state index in [2.05, 4.69) is 5.43 Å². The van der Waals surface area contributed by atoms with Gasteiger partial charge in [0.1, 0.15) is 6.04 Å². The molecule has 35 heavy (non-hydrogen) atoms. The zero-order valence-electron chi connectivity index (χ0n) is 18.0. The lowest BCUT2D eigenvalue weighted by molar-refractivity contribution is -0.384. The summed E-state index contributed by atoms with van der Waals surface area (Å²) in [6, 6.07) is 17.5. The molecule has 0 spiro atoms. The molecule has 0 radical (unpaired) electrons. The fourth-order valence-corrected chi connectivity index (χ4v) is 3.82. The molecule has 1 unspecified atom stereocenters. The number of halogens is 1. The molecule has 176 valence electrons. The summed E-state index contributed by atoms with van der Waals surface area (Å²) in [4.78, 5) is 63.8. The van der Waals surface area contributed by atoms with Crippen molar-refractivity contribution < 1.29 is 24.1 Å². The van der Waals surface area contributed by atoms with Crippen molar-refractivity contribution in [1.29, 1.82) is 0 Å². The summed E-state index contributed by atoms with van der Waals surface area (Å²) < 4.78 is 0. The fraction of sp³-hybridized carbons (Fsp3) is 0.0833. The van der Waals surface area contributed by atoms with Crippen molar-refractivity contribution in [3.05, 3.63) is 105 Å². The number of non-ortho nitro benzene ring substituents is 1. The van der Waals surface area contributed by atoms with Gasteiger partial charge >= 0.3 is 0 Å². The van der Waals surface area contributed by atoms with Crippen molar-refractivity contribution >= 4 is 46.6 Å². The second kappa shape index (κ2) is 9.74. The molecule has 1 aliphatic heterocycles. The molecular formula is C24H17ClN4O6. The summed E-state index contributed by atoms with van der Waals surface area (Å²) in [6.45, 7) is 0. The lowest BCUT2D eigenvalue weighted by Gasteiger charge is -2.28. The van der Waals surface area contributed by atoms with E-state index < -0.39 is 41.0 Å². The number of nitrogens with one attached hydrogen (secondary N) is 1. The first-order chi connectivity index (χ1) is 16.8. The molecule has 0 aromatic heterocycles. The number of benzene rings is 3. The van der Waals surface area contributed by atoms with Crippen LogP contribution in [0.15, 0.2) is 78.9 Å². The van der Waals surface area contributed by atoms with Crippen LogP contribution in [0.4, 0.5) is 11.4 Å². The summed E-state index contributed by atoms with van der Waals surface area (Å²) in [5.74, 6) is -2.96. The lowest BCUT2D eigenvalue weighted by atomic mass is 10.1. The highest BCUT2D eigenvalue weighted by Crippen LogP contribution is 2.26. The van der Waals surface area contributed by atoms with E-state index in [0.29, 0.717) is 5.69 Å². The SMILES string of the molecule is O=C(NN(C(=O)c1cccc([N+](=O)[O-])c1)C1CC(=O)N(c2ccccc2)C1=O)c1cccc(Cl)c1. The van der Waals surface area contributed by atoms with Gasteiger partial charge in [-0.15, -0.1) is 0 Å². The van der Waals surface area contributed by atoms with Crippen molar-refractivity contribution in [2.45, 2.75) is 12.5 Å². The third-order valence-corrected chi connectivity index (χ3v) is 5.52. The van der Waals surface area contributed by atoms with Gasteiger partial charge in [0.05, 0.1) is 17.0 Å². The molecule has 10 nitrogen and oxygen atoms in total. The van der Waals surface area contributed by atoms with Crippen molar-refractivity contribution in [3.63, 3.8) is 0 Å². The molecule has 0 bridgehead atoms. The maximum absolute atomic E-state index is 13.4. The molecule has 11 heteroatoms. The molecule has 1 aliphatic rings. The standard InChI is InChI=1S/C24H17ClN4O6/c25-17-8-4-6-15(12-17)22(31)26-28(23(32)16-7-5-11-19(13-16)29(34)35)20-14-21(30)27(24(20)33)18-9-2-1-3-10-18/h1-13,20H,14H2,(H,26,31). The van der Waals surface area contributed by atoms with Crippen LogP contribution in [0.25, 0.3) is 0 Å². The molecule has 1 N–H and O–H groups in total. The number of para-hydroxylation sites is 1. The van der Waals surface area contributed by atoms with E-state index in [1.165, 1.54) is 36.4 Å². The highest BCUT2D eigenvalue weighted by molar-refractivity contribution is 6.31. The first kappa shape index (κ1) is 23.6. The van der Waals surface area contributed by atoms with Gasteiger partial charge in [-0.05, 0) is 36.4 Å². The van der Waals surface area contributed by atoms with Gasteiger partial charge in [0.15, 0.2) is 0 Å². The zero-order valence-corrected chi connectivity index (χ0v) is 18.7. The largest absolute Gasteiger partial charge is 0.274 e. The van der Waals surface area contributed by atoms with Crippen LogP contribution < -0.4 is 10.3 Å². The number of nitro benzene ring substituents is 1. The van der Waals surface area contributed by atoms with E-state index in [1.54, 1.807) is 36.4 Å². The number of carbonyl (C=O) groups excluding carboxylic acids is 4. The molecule has 3 aromatic rings. The number of rotatable bonds is 5. The van der Waals surface area contributed by atoms with Crippen LogP contribution in [0.1, 0.15) is 27.1 Å². The molecule has 0 aliphatic carbocycles. The summed E-state index contributed by atoms with van der Waals surface area (Å²) in [7, 11) is 0. The van der Waals surface area contributed by atoms with E-state index in [-0.39, 0.29) is 21.8 Å². The van der Waals surface area contributed by atoms with Crippen LogP contribution >= 0.6 is 11.6 Å². The Morgan fingerprint density at radius 2 is 1.66 bits per heavy atom. The van der Waals surface area contributed by atoms with Gasteiger partial charge in [0, 0.05) is 28.3 Å². The highest BCUT2D eigenvalue weighted by Gasteiger charge is 2.45. The van der Waals surface area contributed by atoms with E-state index in [9.17, 15) is 29.3 Å². The van der Waals surface area contributed by atoms with E-state index in [1.807, 2.05) is 0 Å². The van der Waals surface area contributed by atoms with Crippen molar-refractivity contribution in [3.8, 4) is 0 Å². The third kappa shape index (κ3) is 4.87. The van der Waals surface area contributed by atoms with Crippen LogP contribution in [0, 0.1) is 10.1 Å². The van der Waals surface area contributed by atoms with Gasteiger partial charge in [-0.2, -0.15) is 0 Å².